The fourth-order valence-corrected chi connectivity index (χ4v) is 2.51. The third-order valence-corrected chi connectivity index (χ3v) is 3.75. The van der Waals surface area contributed by atoms with Crippen molar-refractivity contribution in [2.24, 2.45) is 0 Å². The van der Waals surface area contributed by atoms with Crippen molar-refractivity contribution in [1.82, 2.24) is 20.1 Å². The molecule has 0 bridgehead atoms. The fourth-order valence-electron chi connectivity index (χ4n) is 2.51. The number of nitrogens with zero attached hydrogens (tertiary/aromatic N) is 3. The van der Waals surface area contributed by atoms with E-state index in [-0.39, 0.29) is 5.82 Å². The first-order valence-electron chi connectivity index (χ1n) is 7.80. The van der Waals surface area contributed by atoms with E-state index in [4.69, 9.17) is 10.2 Å². The molecule has 3 rings (SSSR count). The topological polar surface area (TPSA) is 129 Å². The summed E-state index contributed by atoms with van der Waals surface area (Å²) in [7, 11) is 0. The lowest BCUT2D eigenvalue weighted by atomic mass is 10.2. The van der Waals surface area contributed by atoms with E-state index in [0.717, 1.165) is 22.2 Å². The van der Waals surface area contributed by atoms with Gasteiger partial charge in [-0.2, -0.15) is 5.10 Å². The van der Waals surface area contributed by atoms with Gasteiger partial charge in [-0.1, -0.05) is 12.1 Å². The van der Waals surface area contributed by atoms with Crippen LogP contribution < -0.4 is 10.6 Å². The minimum absolute atomic E-state index is 0.225. The number of fused-ring (bicyclic) bond motifs is 1. The monoisotopic (exact) mass is 355 g/mol. The molecule has 2 heterocycles. The van der Waals surface area contributed by atoms with Gasteiger partial charge in [0.2, 0.25) is 0 Å². The minimum Gasteiger partial charge on any atom is -0.465 e. The molecule has 0 fully saturated rings. The molecule has 134 valence electrons. The third-order valence-electron chi connectivity index (χ3n) is 3.75. The van der Waals surface area contributed by atoms with Gasteiger partial charge in [-0.25, -0.2) is 14.5 Å². The average molecular weight is 355 g/mol. The number of amides is 2. The van der Waals surface area contributed by atoms with E-state index in [1.165, 1.54) is 0 Å². The lowest BCUT2D eigenvalue weighted by Crippen LogP contribution is -2.45. The van der Waals surface area contributed by atoms with Crippen LogP contribution in [0.1, 0.15) is 5.56 Å². The Morgan fingerprint density at radius 2 is 2.08 bits per heavy atom. The van der Waals surface area contributed by atoms with Gasteiger partial charge in [0.25, 0.3) is 5.91 Å². The molecule has 0 aliphatic rings. The maximum atomic E-state index is 12.1. The summed E-state index contributed by atoms with van der Waals surface area (Å²) < 4.78 is 1.72. The molecular weight excluding hydrogens is 338 g/mol. The summed E-state index contributed by atoms with van der Waals surface area (Å²) in [5, 5.41) is 27.4. The van der Waals surface area contributed by atoms with E-state index < -0.39 is 24.6 Å². The van der Waals surface area contributed by atoms with E-state index >= 15 is 0 Å². The molecule has 9 nitrogen and oxygen atoms in total. The first-order valence-corrected chi connectivity index (χ1v) is 7.80. The number of anilines is 1. The molecule has 1 unspecified atom stereocenters. The molecule has 0 aliphatic heterocycles. The predicted octanol–water partition coefficient (Wildman–Crippen LogP) is 1.30. The van der Waals surface area contributed by atoms with Crippen LogP contribution >= 0.6 is 0 Å². The average Bonchev–Trinajstić information content (AvgIpc) is 3.02. The quantitative estimate of drug-likeness (QED) is 0.546. The lowest BCUT2D eigenvalue weighted by Gasteiger charge is -2.13. The summed E-state index contributed by atoms with van der Waals surface area (Å²) in [6.45, 7) is 1.31. The van der Waals surface area contributed by atoms with Gasteiger partial charge in [0.1, 0.15) is 11.9 Å². The van der Waals surface area contributed by atoms with Crippen molar-refractivity contribution in [2.75, 3.05) is 11.9 Å². The predicted molar refractivity (Wildman–Crippen MR) is 94.3 cm³/mol. The van der Waals surface area contributed by atoms with Crippen LogP contribution in [0.3, 0.4) is 0 Å². The Bertz CT molecular complexity index is 969. The Morgan fingerprint density at radius 3 is 2.77 bits per heavy atom. The standard InChI is InChI=1S/C17H17N5O4/c1-10-3-2-4-12(5-10)22-14-6-15(18-7-11(14)8-19-22)21-16(24)13(9-23)20-17(25)26/h2-8,13,20,23H,9H2,1H3,(H,25,26)(H,18,21,24). The second-order valence-electron chi connectivity index (χ2n) is 5.70. The zero-order valence-corrected chi connectivity index (χ0v) is 13.9. The normalized spacial score (nSPS) is 11.9. The van der Waals surface area contributed by atoms with Gasteiger partial charge in [0.05, 0.1) is 24.0 Å². The number of carbonyl (C=O) groups excluding carboxylic acids is 1. The van der Waals surface area contributed by atoms with Gasteiger partial charge in [0, 0.05) is 17.6 Å². The van der Waals surface area contributed by atoms with Crippen LogP contribution in [0.2, 0.25) is 0 Å². The number of pyridine rings is 1. The van der Waals surface area contributed by atoms with Crippen molar-refractivity contribution in [3.8, 4) is 5.69 Å². The molecule has 1 atom stereocenters. The van der Waals surface area contributed by atoms with Gasteiger partial charge >= 0.3 is 6.09 Å². The molecule has 2 aromatic heterocycles. The van der Waals surface area contributed by atoms with Crippen LogP contribution in [0.5, 0.6) is 0 Å². The van der Waals surface area contributed by atoms with E-state index in [1.807, 2.05) is 36.5 Å². The van der Waals surface area contributed by atoms with Gasteiger partial charge in [0.15, 0.2) is 0 Å². The molecule has 1 aromatic carbocycles. The van der Waals surface area contributed by atoms with Crippen LogP contribution in [0.25, 0.3) is 16.6 Å². The highest BCUT2D eigenvalue weighted by atomic mass is 16.4. The Labute approximate surface area is 148 Å². The zero-order chi connectivity index (χ0) is 18.7. The number of carbonyl (C=O) groups is 2. The van der Waals surface area contributed by atoms with Crippen LogP contribution in [-0.4, -0.2) is 49.6 Å². The summed E-state index contributed by atoms with van der Waals surface area (Å²) in [4.78, 5) is 26.9. The molecule has 3 aromatic rings. The van der Waals surface area contributed by atoms with E-state index in [1.54, 1.807) is 23.1 Å². The van der Waals surface area contributed by atoms with Gasteiger partial charge in [-0.05, 0) is 24.6 Å². The molecule has 26 heavy (non-hydrogen) atoms. The van der Waals surface area contributed by atoms with Crippen molar-refractivity contribution in [3.63, 3.8) is 0 Å². The summed E-state index contributed by atoms with van der Waals surface area (Å²) in [5.41, 5.74) is 2.68. The number of aryl methyl sites for hydroxylation is 1. The number of hydrogen-bond acceptors (Lipinski definition) is 5. The van der Waals surface area contributed by atoms with Crippen LogP contribution in [0, 0.1) is 6.92 Å². The first kappa shape index (κ1) is 17.4. The fraction of sp³-hybridized carbons (Fsp3) is 0.176. The van der Waals surface area contributed by atoms with Crippen LogP contribution in [0.4, 0.5) is 10.6 Å². The second kappa shape index (κ2) is 7.19. The molecule has 0 aliphatic carbocycles. The van der Waals surface area contributed by atoms with Crippen molar-refractivity contribution >= 4 is 28.7 Å². The maximum absolute atomic E-state index is 12.1. The van der Waals surface area contributed by atoms with Gasteiger partial charge in [-0.15, -0.1) is 0 Å². The maximum Gasteiger partial charge on any atom is 0.405 e. The first-order chi connectivity index (χ1) is 12.5. The number of aliphatic hydroxyl groups excluding tert-OH is 1. The number of nitrogens with one attached hydrogen (secondary N) is 2. The number of aromatic nitrogens is 3. The van der Waals surface area contributed by atoms with Crippen LogP contribution in [0.15, 0.2) is 42.7 Å². The van der Waals surface area contributed by atoms with Crippen molar-refractivity contribution in [1.29, 1.82) is 0 Å². The third kappa shape index (κ3) is 3.62. The number of benzene rings is 1. The Hall–Kier alpha value is -3.46. The summed E-state index contributed by atoms with van der Waals surface area (Å²) >= 11 is 0. The number of carboxylic acid groups (broad SMARTS) is 1. The van der Waals surface area contributed by atoms with Crippen molar-refractivity contribution < 1.29 is 19.8 Å². The number of aliphatic hydroxyl groups is 1. The minimum atomic E-state index is -1.40. The molecular formula is C17H17N5O4. The largest absolute Gasteiger partial charge is 0.465 e. The summed E-state index contributed by atoms with van der Waals surface area (Å²) in [5.74, 6) is -0.481. The molecule has 0 radical (unpaired) electrons. The van der Waals surface area contributed by atoms with Gasteiger partial charge < -0.3 is 20.8 Å². The molecule has 2 amide bonds. The smallest absolute Gasteiger partial charge is 0.405 e. The molecule has 9 heteroatoms. The Balaban J connectivity index is 1.90. The highest BCUT2D eigenvalue weighted by Gasteiger charge is 2.20. The highest BCUT2D eigenvalue weighted by Crippen LogP contribution is 2.21. The number of rotatable bonds is 5. The van der Waals surface area contributed by atoms with Gasteiger partial charge in [-0.3, -0.25) is 4.79 Å². The molecule has 4 N–H and O–H groups in total. The van der Waals surface area contributed by atoms with Crippen LogP contribution in [-0.2, 0) is 4.79 Å². The highest BCUT2D eigenvalue weighted by molar-refractivity contribution is 5.97. The summed E-state index contributed by atoms with van der Waals surface area (Å²) in [6.07, 6.45) is 1.82. The van der Waals surface area contributed by atoms with E-state index in [9.17, 15) is 9.59 Å². The van der Waals surface area contributed by atoms with Crippen molar-refractivity contribution in [2.45, 2.75) is 13.0 Å². The molecule has 0 saturated heterocycles. The summed E-state index contributed by atoms with van der Waals surface area (Å²) in [6, 6.07) is 8.14. The lowest BCUT2D eigenvalue weighted by molar-refractivity contribution is -0.118. The molecule has 0 spiro atoms. The van der Waals surface area contributed by atoms with E-state index in [0.29, 0.717) is 0 Å². The SMILES string of the molecule is Cc1cccc(-n2ncc3cnc(NC(=O)C(CO)NC(=O)O)cc32)c1. The second-order valence-corrected chi connectivity index (χ2v) is 5.70. The van der Waals surface area contributed by atoms with E-state index in [2.05, 4.69) is 15.4 Å². The number of hydrogen-bond donors (Lipinski definition) is 4. The van der Waals surface area contributed by atoms with Crippen molar-refractivity contribution in [3.05, 3.63) is 48.3 Å². The Morgan fingerprint density at radius 1 is 1.27 bits per heavy atom. The Kier molecular flexibility index (Phi) is 4.81. The zero-order valence-electron chi connectivity index (χ0n) is 13.9. The molecule has 0 saturated carbocycles.